The molecule has 1 radical (unpaired) electrons. The number of para-hydroxylation sites is 1. The minimum atomic E-state index is -2.57. The molecule has 0 atom stereocenters. The SMILES string of the molecule is [2H]C([2H])([2H])c1ccc(-c2[c-]cccc2)nc1.[2H]C([2H])([2H])c1cnc(-c2[c-]ccc(-c3cc4ccccc4o3)c2)cc1C([2H])([2H])[2H].[Ir]. The fourth-order valence-corrected chi connectivity index (χ4v) is 3.60. The fraction of sp³-hybridized carbons (Fsp3) is 0.0909. The van der Waals surface area contributed by atoms with Crippen LogP contribution in [0, 0.1) is 32.7 Å². The van der Waals surface area contributed by atoms with Gasteiger partial charge < -0.3 is 14.4 Å². The third kappa shape index (κ3) is 6.29. The summed E-state index contributed by atoms with van der Waals surface area (Å²) < 4.78 is 73.5. The Hall–Kier alpha value is -3.85. The normalized spacial score (nSPS) is 15.0. The minimum Gasteiger partial charge on any atom is -0.458 e. The first-order valence-corrected chi connectivity index (χ1v) is 11.2. The van der Waals surface area contributed by atoms with E-state index >= 15 is 0 Å². The van der Waals surface area contributed by atoms with Gasteiger partial charge in [-0.15, -0.1) is 65.7 Å². The van der Waals surface area contributed by atoms with E-state index in [-0.39, 0.29) is 36.8 Å². The summed E-state index contributed by atoms with van der Waals surface area (Å²) in [7, 11) is 0. The zero-order chi connectivity index (χ0) is 32.4. The summed E-state index contributed by atoms with van der Waals surface area (Å²) in [5.41, 5.74) is 3.78. The van der Waals surface area contributed by atoms with Crippen LogP contribution in [0.1, 0.15) is 29.0 Å². The Morgan fingerprint density at radius 2 is 1.54 bits per heavy atom. The summed E-state index contributed by atoms with van der Waals surface area (Å²) in [5.74, 6) is 0.664. The predicted octanol–water partition coefficient (Wildman–Crippen LogP) is 8.43. The number of aryl methyl sites for hydroxylation is 3. The molecule has 0 N–H and O–H groups in total. The molecule has 6 aromatic rings. The van der Waals surface area contributed by atoms with Crippen molar-refractivity contribution >= 4 is 11.0 Å². The first-order valence-electron chi connectivity index (χ1n) is 15.7. The number of hydrogen-bond donors (Lipinski definition) is 0. The van der Waals surface area contributed by atoms with E-state index in [0.29, 0.717) is 17.0 Å². The van der Waals surface area contributed by atoms with Gasteiger partial charge in [-0.2, -0.15) is 0 Å². The number of rotatable bonds is 3. The Morgan fingerprint density at radius 1 is 0.703 bits per heavy atom. The maximum Gasteiger partial charge on any atom is 0.134 e. The van der Waals surface area contributed by atoms with Crippen LogP contribution in [0.5, 0.6) is 0 Å². The van der Waals surface area contributed by atoms with Gasteiger partial charge in [0.05, 0.1) is 0 Å². The largest absolute Gasteiger partial charge is 0.458 e. The number of aromatic nitrogens is 2. The summed E-state index contributed by atoms with van der Waals surface area (Å²) in [6.45, 7) is -7.22. The summed E-state index contributed by atoms with van der Waals surface area (Å²) in [4.78, 5) is 8.32. The van der Waals surface area contributed by atoms with Crippen molar-refractivity contribution in [1.29, 1.82) is 0 Å². The second-order valence-corrected chi connectivity index (χ2v) is 7.96. The number of pyridine rings is 2. The van der Waals surface area contributed by atoms with Crippen molar-refractivity contribution in [3.63, 3.8) is 0 Å². The molecule has 3 aromatic heterocycles. The standard InChI is InChI=1S/C21H16NO.C12H10N.Ir/c1-14-10-19(22-13-15(14)2)16-7-5-8-17(11-16)21-12-18-6-3-4-9-20(18)23-21;1-10-7-8-12(13-9-10)11-5-3-2-4-6-11;/h3-6,8-13H,1-2H3;2-5,7-9H,1H3;/q2*-1;/i1D3,2D3;1D3;. The van der Waals surface area contributed by atoms with Gasteiger partial charge in [0.1, 0.15) is 11.3 Å². The molecule has 0 saturated carbocycles. The van der Waals surface area contributed by atoms with Crippen molar-refractivity contribution in [3.8, 4) is 33.8 Å². The van der Waals surface area contributed by atoms with Gasteiger partial charge in [0.25, 0.3) is 0 Å². The average molecular weight is 668 g/mol. The van der Waals surface area contributed by atoms with E-state index < -0.39 is 20.6 Å². The van der Waals surface area contributed by atoms with Gasteiger partial charge in [-0.05, 0) is 55.2 Å². The van der Waals surface area contributed by atoms with Gasteiger partial charge >= 0.3 is 0 Å². The fourth-order valence-electron chi connectivity index (χ4n) is 3.60. The van der Waals surface area contributed by atoms with Crippen LogP contribution in [0.4, 0.5) is 0 Å². The zero-order valence-electron chi connectivity index (χ0n) is 28.5. The van der Waals surface area contributed by atoms with Gasteiger partial charge in [0.15, 0.2) is 0 Å². The maximum absolute atomic E-state index is 7.72. The molecule has 0 bridgehead atoms. The molecule has 3 nitrogen and oxygen atoms in total. The Kier molecular flexibility index (Phi) is 5.42. The topological polar surface area (TPSA) is 38.9 Å². The molecule has 0 aliphatic carbocycles. The van der Waals surface area contributed by atoms with Crippen molar-refractivity contribution in [2.75, 3.05) is 0 Å². The monoisotopic (exact) mass is 668 g/mol. The third-order valence-corrected chi connectivity index (χ3v) is 5.44. The Morgan fingerprint density at radius 3 is 2.30 bits per heavy atom. The maximum atomic E-state index is 7.72. The second kappa shape index (κ2) is 11.9. The minimum absolute atomic E-state index is 0. The molecule has 0 aliphatic heterocycles. The van der Waals surface area contributed by atoms with E-state index in [2.05, 4.69) is 22.1 Å². The molecule has 0 amide bonds. The average Bonchev–Trinajstić information content (AvgIpc) is 3.45. The van der Waals surface area contributed by atoms with Crippen LogP contribution in [0.15, 0.2) is 108 Å². The van der Waals surface area contributed by atoms with Gasteiger partial charge in [0, 0.05) is 50.2 Å². The third-order valence-electron chi connectivity index (χ3n) is 5.44. The van der Waals surface area contributed by atoms with Gasteiger partial charge in [-0.1, -0.05) is 47.5 Å². The smallest absolute Gasteiger partial charge is 0.134 e. The molecule has 3 heterocycles. The molecule has 0 spiro atoms. The van der Waals surface area contributed by atoms with Crippen LogP contribution in [0.2, 0.25) is 0 Å². The van der Waals surface area contributed by atoms with Crippen LogP contribution in [0.25, 0.3) is 44.8 Å². The van der Waals surface area contributed by atoms with E-state index in [9.17, 15) is 0 Å². The van der Waals surface area contributed by atoms with Crippen LogP contribution in [-0.2, 0) is 20.1 Å². The number of fused-ring (bicyclic) bond motifs is 1. The number of hydrogen-bond acceptors (Lipinski definition) is 3. The zero-order valence-corrected chi connectivity index (χ0v) is 21.8. The molecule has 0 saturated heterocycles. The number of nitrogens with zero attached hydrogens (tertiary/aromatic N) is 2. The predicted molar refractivity (Wildman–Crippen MR) is 146 cm³/mol. The Bertz CT molecular complexity index is 1880. The van der Waals surface area contributed by atoms with Crippen molar-refractivity contribution in [2.45, 2.75) is 20.6 Å². The molecular formula is C33H26IrN2O-2. The van der Waals surface area contributed by atoms with Gasteiger partial charge in [-0.3, -0.25) is 0 Å². The van der Waals surface area contributed by atoms with Gasteiger partial charge in [-0.25, -0.2) is 0 Å². The molecule has 4 heteroatoms. The van der Waals surface area contributed by atoms with Crippen LogP contribution >= 0.6 is 0 Å². The molecule has 185 valence electrons. The van der Waals surface area contributed by atoms with E-state index in [1.165, 1.54) is 12.3 Å². The molecule has 3 aromatic carbocycles. The first-order chi connectivity index (χ1) is 21.2. The van der Waals surface area contributed by atoms with E-state index in [0.717, 1.165) is 34.0 Å². The van der Waals surface area contributed by atoms with Crippen molar-refractivity contribution in [3.05, 3.63) is 132 Å². The van der Waals surface area contributed by atoms with E-state index in [1.807, 2.05) is 54.6 Å². The van der Waals surface area contributed by atoms with E-state index in [4.69, 9.17) is 16.8 Å². The Labute approximate surface area is 244 Å². The van der Waals surface area contributed by atoms with E-state index in [1.54, 1.807) is 30.3 Å². The first kappa shape index (κ1) is 16.8. The molecule has 0 aliphatic rings. The van der Waals surface area contributed by atoms with Gasteiger partial charge in [0.2, 0.25) is 0 Å². The summed E-state index contributed by atoms with van der Waals surface area (Å²) in [6, 6.07) is 33.0. The molecular weight excluding hydrogens is 633 g/mol. The summed E-state index contributed by atoms with van der Waals surface area (Å²) >= 11 is 0. The second-order valence-electron chi connectivity index (χ2n) is 7.96. The van der Waals surface area contributed by atoms with Crippen molar-refractivity contribution in [2.24, 2.45) is 0 Å². The molecule has 37 heavy (non-hydrogen) atoms. The Balaban J connectivity index is 0.000000240. The van der Waals surface area contributed by atoms with Crippen molar-refractivity contribution < 1.29 is 36.9 Å². The number of benzene rings is 3. The number of furan rings is 1. The summed E-state index contributed by atoms with van der Waals surface area (Å²) in [6.07, 6.45) is 2.51. The van der Waals surface area contributed by atoms with Crippen LogP contribution in [0.3, 0.4) is 0 Å². The molecule has 0 fully saturated rings. The van der Waals surface area contributed by atoms with Crippen molar-refractivity contribution in [1.82, 2.24) is 9.97 Å². The quantitative estimate of drug-likeness (QED) is 0.178. The summed E-state index contributed by atoms with van der Waals surface area (Å²) in [5, 5.41) is 0.974. The van der Waals surface area contributed by atoms with Crippen LogP contribution < -0.4 is 0 Å². The van der Waals surface area contributed by atoms with Crippen LogP contribution in [-0.4, -0.2) is 9.97 Å². The molecule has 6 rings (SSSR count). The molecule has 0 unspecified atom stereocenters.